The van der Waals surface area contributed by atoms with Gasteiger partial charge in [-0.1, -0.05) is 42.8 Å². The number of nitrogens with zero attached hydrogens (tertiary/aromatic N) is 1. The number of likely N-dealkylation sites (N-methyl/N-ethyl adjacent to an activating group) is 1. The van der Waals surface area contributed by atoms with Gasteiger partial charge in [-0.15, -0.1) is 11.3 Å². The molecule has 0 fully saturated rings. The second kappa shape index (κ2) is 6.56. The van der Waals surface area contributed by atoms with E-state index in [-0.39, 0.29) is 6.04 Å². The van der Waals surface area contributed by atoms with Crippen molar-refractivity contribution in [1.82, 2.24) is 10.3 Å². The molecule has 1 aromatic carbocycles. The van der Waals surface area contributed by atoms with E-state index in [0.717, 1.165) is 29.2 Å². The Labute approximate surface area is 133 Å². The molecule has 2 nitrogen and oxygen atoms in total. The third-order valence-electron chi connectivity index (χ3n) is 3.48. The summed E-state index contributed by atoms with van der Waals surface area (Å²) in [5.74, 6) is 0. The van der Waals surface area contributed by atoms with Crippen LogP contribution in [0.2, 0.25) is 5.02 Å². The van der Waals surface area contributed by atoms with Crippen molar-refractivity contribution in [3.63, 3.8) is 0 Å². The van der Waals surface area contributed by atoms with Gasteiger partial charge in [-0.2, -0.15) is 0 Å². The van der Waals surface area contributed by atoms with Crippen LogP contribution in [0.15, 0.2) is 47.8 Å². The SMILES string of the molecule is CCNC(Cc1ccc2ccccc2n1)c1sccc1Cl. The number of hydrogen-bond acceptors (Lipinski definition) is 3. The number of benzene rings is 1. The molecule has 4 heteroatoms. The first-order valence-electron chi connectivity index (χ1n) is 7.09. The monoisotopic (exact) mass is 316 g/mol. The maximum atomic E-state index is 6.28. The Bertz CT molecular complexity index is 738. The highest BCUT2D eigenvalue weighted by Gasteiger charge is 2.16. The van der Waals surface area contributed by atoms with E-state index < -0.39 is 0 Å². The minimum absolute atomic E-state index is 0.219. The molecule has 0 spiro atoms. The second-order valence-electron chi connectivity index (χ2n) is 4.94. The number of para-hydroxylation sites is 1. The van der Waals surface area contributed by atoms with Crippen LogP contribution in [-0.4, -0.2) is 11.5 Å². The van der Waals surface area contributed by atoms with E-state index in [1.165, 1.54) is 10.3 Å². The van der Waals surface area contributed by atoms with E-state index in [4.69, 9.17) is 16.6 Å². The van der Waals surface area contributed by atoms with Crippen LogP contribution < -0.4 is 5.32 Å². The zero-order chi connectivity index (χ0) is 14.7. The molecule has 0 amide bonds. The summed E-state index contributed by atoms with van der Waals surface area (Å²) in [5, 5.41) is 7.56. The molecule has 2 heterocycles. The van der Waals surface area contributed by atoms with Crippen LogP contribution in [0.25, 0.3) is 10.9 Å². The fourth-order valence-corrected chi connectivity index (χ4v) is 3.75. The molecule has 108 valence electrons. The maximum absolute atomic E-state index is 6.28. The minimum atomic E-state index is 0.219. The van der Waals surface area contributed by atoms with Gasteiger partial charge in [0.25, 0.3) is 0 Å². The molecule has 0 aliphatic rings. The Morgan fingerprint density at radius 1 is 1.19 bits per heavy atom. The molecule has 21 heavy (non-hydrogen) atoms. The summed E-state index contributed by atoms with van der Waals surface area (Å²) in [4.78, 5) is 5.95. The molecule has 3 rings (SSSR count). The zero-order valence-corrected chi connectivity index (χ0v) is 13.4. The molecule has 0 radical (unpaired) electrons. The van der Waals surface area contributed by atoms with Crippen LogP contribution in [-0.2, 0) is 6.42 Å². The Balaban J connectivity index is 1.89. The van der Waals surface area contributed by atoms with E-state index in [9.17, 15) is 0 Å². The van der Waals surface area contributed by atoms with Crippen LogP contribution in [0.1, 0.15) is 23.5 Å². The van der Waals surface area contributed by atoms with Crippen molar-refractivity contribution in [3.05, 3.63) is 63.4 Å². The predicted octanol–water partition coefficient (Wildman–Crippen LogP) is 4.84. The van der Waals surface area contributed by atoms with E-state index in [2.05, 4.69) is 36.5 Å². The van der Waals surface area contributed by atoms with E-state index in [0.29, 0.717) is 0 Å². The lowest BCUT2D eigenvalue weighted by Crippen LogP contribution is -2.22. The molecular formula is C17H17ClN2S. The predicted molar refractivity (Wildman–Crippen MR) is 91.2 cm³/mol. The van der Waals surface area contributed by atoms with Crippen molar-refractivity contribution in [3.8, 4) is 0 Å². The summed E-state index contributed by atoms with van der Waals surface area (Å²) >= 11 is 7.98. The molecule has 1 N–H and O–H groups in total. The summed E-state index contributed by atoms with van der Waals surface area (Å²) in [6.45, 7) is 3.02. The van der Waals surface area contributed by atoms with Gasteiger partial charge in [0.2, 0.25) is 0 Å². The number of hydrogen-bond donors (Lipinski definition) is 1. The summed E-state index contributed by atoms with van der Waals surface area (Å²) < 4.78 is 0. The van der Waals surface area contributed by atoms with Crippen LogP contribution in [0.4, 0.5) is 0 Å². The number of halogens is 1. The summed E-state index contributed by atoms with van der Waals surface area (Å²) in [5.41, 5.74) is 2.13. The van der Waals surface area contributed by atoms with Crippen LogP contribution in [0.5, 0.6) is 0 Å². The van der Waals surface area contributed by atoms with Gasteiger partial charge in [0.1, 0.15) is 0 Å². The standard InChI is InChI=1S/C17H17ClN2S/c1-2-19-16(17-14(18)9-10-21-17)11-13-8-7-12-5-3-4-6-15(12)20-13/h3-10,16,19H,2,11H2,1H3. The number of pyridine rings is 1. The zero-order valence-electron chi connectivity index (χ0n) is 11.8. The maximum Gasteiger partial charge on any atom is 0.0705 e. The first-order chi connectivity index (χ1) is 10.3. The van der Waals surface area contributed by atoms with Crippen molar-refractivity contribution < 1.29 is 0 Å². The lowest BCUT2D eigenvalue weighted by atomic mass is 10.1. The lowest BCUT2D eigenvalue weighted by Gasteiger charge is -2.17. The van der Waals surface area contributed by atoms with E-state index in [1.807, 2.05) is 23.6 Å². The van der Waals surface area contributed by atoms with Gasteiger partial charge in [0, 0.05) is 28.4 Å². The average molecular weight is 317 g/mol. The topological polar surface area (TPSA) is 24.9 Å². The van der Waals surface area contributed by atoms with Gasteiger partial charge in [-0.3, -0.25) is 4.98 Å². The van der Waals surface area contributed by atoms with Crippen LogP contribution >= 0.6 is 22.9 Å². The fraction of sp³-hybridized carbons (Fsp3) is 0.235. The molecule has 0 saturated carbocycles. The molecule has 2 aromatic heterocycles. The van der Waals surface area contributed by atoms with Gasteiger partial charge in [0.05, 0.1) is 10.5 Å². The quantitative estimate of drug-likeness (QED) is 0.728. The van der Waals surface area contributed by atoms with Crippen molar-refractivity contribution in [1.29, 1.82) is 0 Å². The second-order valence-corrected chi connectivity index (χ2v) is 6.30. The Morgan fingerprint density at radius 2 is 2.05 bits per heavy atom. The highest BCUT2D eigenvalue weighted by Crippen LogP contribution is 2.30. The minimum Gasteiger partial charge on any atom is -0.309 e. The summed E-state index contributed by atoms with van der Waals surface area (Å²) in [6.07, 6.45) is 0.846. The summed E-state index contributed by atoms with van der Waals surface area (Å²) in [7, 11) is 0. The summed E-state index contributed by atoms with van der Waals surface area (Å²) in [6, 6.07) is 14.6. The van der Waals surface area contributed by atoms with Crippen molar-refractivity contribution in [2.45, 2.75) is 19.4 Å². The van der Waals surface area contributed by atoms with E-state index in [1.54, 1.807) is 11.3 Å². The normalized spacial score (nSPS) is 12.7. The van der Waals surface area contributed by atoms with E-state index >= 15 is 0 Å². The van der Waals surface area contributed by atoms with Crippen molar-refractivity contribution in [2.24, 2.45) is 0 Å². The Kier molecular flexibility index (Phi) is 4.54. The first kappa shape index (κ1) is 14.5. The number of nitrogens with one attached hydrogen (secondary N) is 1. The lowest BCUT2D eigenvalue weighted by molar-refractivity contribution is 0.553. The molecule has 0 saturated heterocycles. The Morgan fingerprint density at radius 3 is 2.81 bits per heavy atom. The number of rotatable bonds is 5. The van der Waals surface area contributed by atoms with Crippen LogP contribution in [0.3, 0.4) is 0 Å². The molecule has 0 aliphatic carbocycles. The highest BCUT2D eigenvalue weighted by molar-refractivity contribution is 7.10. The van der Waals surface area contributed by atoms with Gasteiger partial charge < -0.3 is 5.32 Å². The molecule has 3 aromatic rings. The average Bonchev–Trinajstić information content (AvgIpc) is 2.93. The van der Waals surface area contributed by atoms with Gasteiger partial charge in [0.15, 0.2) is 0 Å². The first-order valence-corrected chi connectivity index (χ1v) is 8.34. The highest BCUT2D eigenvalue weighted by atomic mass is 35.5. The third kappa shape index (κ3) is 3.26. The van der Waals surface area contributed by atoms with Gasteiger partial charge in [-0.05, 0) is 30.1 Å². The fourth-order valence-electron chi connectivity index (χ4n) is 2.49. The molecule has 0 bridgehead atoms. The van der Waals surface area contributed by atoms with Gasteiger partial charge in [-0.25, -0.2) is 0 Å². The van der Waals surface area contributed by atoms with Crippen LogP contribution in [0, 0.1) is 0 Å². The largest absolute Gasteiger partial charge is 0.309 e. The van der Waals surface area contributed by atoms with Crippen molar-refractivity contribution >= 4 is 33.8 Å². The molecule has 1 atom stereocenters. The molecule has 0 aliphatic heterocycles. The molecule has 1 unspecified atom stereocenters. The van der Waals surface area contributed by atoms with Gasteiger partial charge >= 0.3 is 0 Å². The molecular weight excluding hydrogens is 300 g/mol. The number of thiophene rings is 1. The number of fused-ring (bicyclic) bond motifs is 1. The van der Waals surface area contributed by atoms with Crippen molar-refractivity contribution in [2.75, 3.05) is 6.54 Å². The Hall–Kier alpha value is -1.42. The number of aromatic nitrogens is 1. The third-order valence-corrected chi connectivity index (χ3v) is 4.95. The smallest absolute Gasteiger partial charge is 0.0705 e.